The number of fused-ring (bicyclic) bond motifs is 6. The van der Waals surface area contributed by atoms with Crippen LogP contribution >= 0.6 is 0 Å². The van der Waals surface area contributed by atoms with Crippen molar-refractivity contribution in [3.05, 3.63) is 29.8 Å². The first-order chi connectivity index (χ1) is 19.7. The summed E-state index contributed by atoms with van der Waals surface area (Å²) in [6, 6.07) is 8.32. The molecule has 0 aromatic heterocycles. The Morgan fingerprint density at radius 3 is 2.32 bits per heavy atom. The zero-order valence-corrected chi connectivity index (χ0v) is 23.4. The summed E-state index contributed by atoms with van der Waals surface area (Å²) in [6.07, 6.45) is 5.94. The van der Waals surface area contributed by atoms with E-state index in [1.54, 1.807) is 0 Å². The number of piperidine rings is 1. The lowest BCUT2D eigenvalue weighted by Gasteiger charge is -2.38. The van der Waals surface area contributed by atoms with Crippen molar-refractivity contribution in [3.8, 4) is 0 Å². The zero-order chi connectivity index (χ0) is 28.3. The standard InChI is InChI=1S/C32H39F2N3O4/c33-32(34)15-25(32)31(41)14-21-12-23(31)28-27(21)29(39)36(30(28)40)17-20-6-3-5-19(20)16-35-10-8-22(9-11-35)37-24-7-2-1-4-18(24)13-26(37)38/h1-2,4,7,19-23,25,27-28,41H,3,5-6,8-17H2/t19-,20-,21?,23?,25?,27?,28?,31?/m1/s1. The minimum absolute atomic E-state index is 0.126. The van der Waals surface area contributed by atoms with Gasteiger partial charge in [-0.1, -0.05) is 24.6 Å². The van der Waals surface area contributed by atoms with Crippen LogP contribution in [-0.4, -0.2) is 76.4 Å². The smallest absolute Gasteiger partial charge is 0.254 e. The highest BCUT2D eigenvalue weighted by molar-refractivity contribution is 6.06. The van der Waals surface area contributed by atoms with E-state index in [1.165, 1.54) is 4.90 Å². The summed E-state index contributed by atoms with van der Waals surface area (Å²) in [7, 11) is 0. The molecule has 3 amide bonds. The Morgan fingerprint density at radius 2 is 1.59 bits per heavy atom. The van der Waals surface area contributed by atoms with Crippen molar-refractivity contribution < 1.29 is 28.3 Å². The highest BCUT2D eigenvalue weighted by atomic mass is 19.3. The molecule has 6 fully saturated rings. The van der Waals surface area contributed by atoms with E-state index in [-0.39, 0.29) is 48.4 Å². The molecular weight excluding hydrogens is 528 g/mol. The molecule has 3 aliphatic heterocycles. The Labute approximate surface area is 239 Å². The Hall–Kier alpha value is -2.39. The Bertz CT molecular complexity index is 1300. The van der Waals surface area contributed by atoms with Crippen LogP contribution in [0.5, 0.6) is 0 Å². The van der Waals surface area contributed by atoms with E-state index >= 15 is 0 Å². The van der Waals surface area contributed by atoms with Gasteiger partial charge in [0.2, 0.25) is 17.7 Å². The van der Waals surface area contributed by atoms with Gasteiger partial charge in [-0.15, -0.1) is 0 Å². The van der Waals surface area contributed by atoms with Crippen LogP contribution in [0, 0.1) is 41.4 Å². The fourth-order valence-electron chi connectivity index (χ4n) is 10.1. The van der Waals surface area contributed by atoms with Gasteiger partial charge in [-0.25, -0.2) is 8.78 Å². The lowest BCUT2D eigenvalue weighted by Crippen LogP contribution is -2.48. The number of imide groups is 1. The number of aliphatic hydroxyl groups is 1. The number of hydrogen-bond acceptors (Lipinski definition) is 5. The van der Waals surface area contributed by atoms with Gasteiger partial charge in [0.15, 0.2) is 0 Å². The maximum Gasteiger partial charge on any atom is 0.254 e. The highest BCUT2D eigenvalue weighted by Gasteiger charge is 2.76. The van der Waals surface area contributed by atoms with Crippen LogP contribution in [0.1, 0.15) is 56.9 Å². The van der Waals surface area contributed by atoms with Crippen LogP contribution in [0.15, 0.2) is 24.3 Å². The summed E-state index contributed by atoms with van der Waals surface area (Å²) in [5, 5.41) is 11.3. The van der Waals surface area contributed by atoms with Gasteiger partial charge in [0, 0.05) is 50.2 Å². The summed E-state index contributed by atoms with van der Waals surface area (Å²) in [4.78, 5) is 45.8. The van der Waals surface area contributed by atoms with Crippen molar-refractivity contribution >= 4 is 23.4 Å². The van der Waals surface area contributed by atoms with Crippen molar-refractivity contribution in [3.63, 3.8) is 0 Å². The molecule has 4 aliphatic carbocycles. The van der Waals surface area contributed by atoms with E-state index in [1.807, 2.05) is 23.1 Å². The van der Waals surface area contributed by atoms with Crippen LogP contribution in [0.2, 0.25) is 0 Å². The average molecular weight is 568 g/mol. The molecule has 220 valence electrons. The molecular formula is C32H39F2N3O4. The Balaban J connectivity index is 0.894. The number of likely N-dealkylation sites (tertiary alicyclic amines) is 2. The van der Waals surface area contributed by atoms with Crippen LogP contribution in [0.25, 0.3) is 0 Å². The monoisotopic (exact) mass is 567 g/mol. The third kappa shape index (κ3) is 3.90. The molecule has 0 radical (unpaired) electrons. The average Bonchev–Trinajstić information content (AvgIpc) is 3.46. The molecule has 41 heavy (non-hydrogen) atoms. The van der Waals surface area contributed by atoms with Gasteiger partial charge in [-0.2, -0.15) is 0 Å². The lowest BCUT2D eigenvalue weighted by atomic mass is 9.70. The first-order valence-corrected chi connectivity index (χ1v) is 15.7. The molecule has 4 saturated carbocycles. The summed E-state index contributed by atoms with van der Waals surface area (Å²) in [6.45, 7) is 3.22. The van der Waals surface area contributed by atoms with Crippen LogP contribution in [0.3, 0.4) is 0 Å². The largest absolute Gasteiger partial charge is 0.389 e. The number of carbonyl (C=O) groups is 3. The molecule has 8 rings (SSSR count). The minimum atomic E-state index is -2.85. The predicted molar refractivity (Wildman–Crippen MR) is 146 cm³/mol. The predicted octanol–water partition coefficient (Wildman–Crippen LogP) is 3.48. The molecule has 2 saturated heterocycles. The van der Waals surface area contributed by atoms with Crippen molar-refractivity contribution in [2.24, 2.45) is 41.4 Å². The van der Waals surface area contributed by atoms with E-state index in [2.05, 4.69) is 11.0 Å². The van der Waals surface area contributed by atoms with Gasteiger partial charge in [0.25, 0.3) is 5.92 Å². The molecule has 3 heterocycles. The third-order valence-electron chi connectivity index (χ3n) is 12.2. The normalized spacial score (nSPS) is 41.5. The van der Waals surface area contributed by atoms with Crippen molar-refractivity contribution in [1.29, 1.82) is 0 Å². The summed E-state index contributed by atoms with van der Waals surface area (Å²) < 4.78 is 27.9. The van der Waals surface area contributed by atoms with Crippen LogP contribution < -0.4 is 4.90 Å². The second kappa shape index (κ2) is 9.06. The Morgan fingerprint density at radius 1 is 0.902 bits per heavy atom. The topological polar surface area (TPSA) is 81.2 Å². The number of carbonyl (C=O) groups excluding carboxylic acids is 3. The first kappa shape index (κ1) is 26.3. The van der Waals surface area contributed by atoms with Crippen molar-refractivity contribution in [1.82, 2.24) is 9.80 Å². The van der Waals surface area contributed by atoms with Crippen molar-refractivity contribution in [2.45, 2.75) is 75.4 Å². The molecule has 7 aliphatic rings. The maximum absolute atomic E-state index is 14.0. The fraction of sp³-hybridized carbons (Fsp3) is 0.719. The summed E-state index contributed by atoms with van der Waals surface area (Å²) in [5.41, 5.74) is 0.673. The van der Waals surface area contributed by atoms with Gasteiger partial charge in [-0.05, 0) is 67.9 Å². The molecule has 0 spiro atoms. The molecule has 9 heteroatoms. The first-order valence-electron chi connectivity index (χ1n) is 15.7. The molecule has 8 atom stereocenters. The molecule has 1 aromatic rings. The van der Waals surface area contributed by atoms with Crippen LogP contribution in [0.4, 0.5) is 14.5 Å². The molecule has 7 nitrogen and oxygen atoms in total. The van der Waals surface area contributed by atoms with Gasteiger partial charge < -0.3 is 14.9 Å². The number of alkyl halides is 2. The second-order valence-electron chi connectivity index (χ2n) is 14.2. The van der Waals surface area contributed by atoms with E-state index in [0.29, 0.717) is 25.3 Å². The number of hydrogen-bond donors (Lipinski definition) is 1. The lowest BCUT2D eigenvalue weighted by molar-refractivity contribution is -0.143. The van der Waals surface area contributed by atoms with Gasteiger partial charge in [0.05, 0.1) is 29.8 Å². The third-order valence-corrected chi connectivity index (χ3v) is 12.2. The number of amides is 3. The number of rotatable bonds is 6. The Kier molecular flexibility index (Phi) is 5.80. The molecule has 1 aromatic carbocycles. The highest BCUT2D eigenvalue weighted by Crippen LogP contribution is 2.68. The number of nitrogens with zero attached hydrogens (tertiary/aromatic N) is 3. The van der Waals surface area contributed by atoms with Gasteiger partial charge in [0.1, 0.15) is 0 Å². The van der Waals surface area contributed by atoms with E-state index in [0.717, 1.165) is 63.0 Å². The van der Waals surface area contributed by atoms with E-state index in [9.17, 15) is 28.3 Å². The second-order valence-corrected chi connectivity index (χ2v) is 14.2. The SMILES string of the molecule is O=C1C2C3CC(C2C(=O)N1C[C@H]1CCC[C@@H]1CN1CCC(N2C(=O)Cc4ccccc42)CC1)C(O)(C1CC1(F)F)C3. The molecule has 6 unspecified atom stereocenters. The number of para-hydroxylation sites is 1. The minimum Gasteiger partial charge on any atom is -0.389 e. The van der Waals surface area contributed by atoms with Gasteiger partial charge in [-0.3, -0.25) is 19.3 Å². The number of halogens is 2. The quantitative estimate of drug-likeness (QED) is 0.533. The fourth-order valence-corrected chi connectivity index (χ4v) is 10.1. The van der Waals surface area contributed by atoms with Gasteiger partial charge >= 0.3 is 0 Å². The molecule has 2 bridgehead atoms. The van der Waals surface area contributed by atoms with Crippen molar-refractivity contribution in [2.75, 3.05) is 31.1 Å². The van der Waals surface area contributed by atoms with E-state index in [4.69, 9.17) is 0 Å². The summed E-state index contributed by atoms with van der Waals surface area (Å²) >= 11 is 0. The zero-order valence-electron chi connectivity index (χ0n) is 23.4. The maximum atomic E-state index is 14.0. The molecule has 1 N–H and O–H groups in total. The number of benzene rings is 1. The number of anilines is 1. The van der Waals surface area contributed by atoms with E-state index < -0.39 is 35.2 Å². The summed E-state index contributed by atoms with van der Waals surface area (Å²) in [5.74, 6) is -5.16. The van der Waals surface area contributed by atoms with Crippen LogP contribution in [-0.2, 0) is 20.8 Å².